The second-order valence-electron chi connectivity index (χ2n) is 12.5. The minimum atomic E-state index is -1.81. The summed E-state index contributed by atoms with van der Waals surface area (Å²) >= 11 is 6.22. The van der Waals surface area contributed by atoms with Crippen LogP contribution in [0.5, 0.6) is 0 Å². The normalized spacial score (nSPS) is 22.8. The lowest BCUT2D eigenvalue weighted by atomic mass is 9.97. The number of rotatable bonds is 7. The zero-order valence-electron chi connectivity index (χ0n) is 22.9. The molecule has 1 amide bonds. The number of fused-ring (bicyclic) bond motifs is 2. The summed E-state index contributed by atoms with van der Waals surface area (Å²) in [5.74, 6) is 0.722. The molecule has 3 atom stereocenters. The van der Waals surface area contributed by atoms with E-state index in [2.05, 4.69) is 54.3 Å². The highest BCUT2D eigenvalue weighted by Gasteiger charge is 2.45. The summed E-state index contributed by atoms with van der Waals surface area (Å²) in [5, 5.41) is 12.6. The summed E-state index contributed by atoms with van der Waals surface area (Å²) in [4.78, 5) is 16.9. The Bertz CT molecular complexity index is 888. The lowest BCUT2D eigenvalue weighted by Gasteiger charge is -2.40. The molecule has 1 N–H and O–H groups in total. The molecule has 1 aromatic rings. The Hall–Kier alpha value is -1.58. The van der Waals surface area contributed by atoms with Gasteiger partial charge in [-0.05, 0) is 64.6 Å². The topological polar surface area (TPSA) is 79.8 Å². The smallest absolute Gasteiger partial charge is 0.410 e. The van der Waals surface area contributed by atoms with Crippen LogP contribution in [0.15, 0.2) is 6.07 Å². The highest BCUT2D eigenvalue weighted by Crippen LogP contribution is 2.39. The third-order valence-corrected chi connectivity index (χ3v) is 12.3. The van der Waals surface area contributed by atoms with E-state index < -0.39 is 13.9 Å². The maximum Gasteiger partial charge on any atom is 0.410 e. The van der Waals surface area contributed by atoms with Crippen molar-refractivity contribution in [2.24, 2.45) is 0 Å². The highest BCUT2D eigenvalue weighted by atomic mass is 35.5. The monoisotopic (exact) mass is 525 g/mol. The second kappa shape index (κ2) is 10.4. The molecule has 10 heteroatoms. The fraction of sp³-hybridized carbons (Fsp3) is 0.800. The molecule has 198 valence electrons. The average Bonchev–Trinajstić information content (AvgIpc) is 2.98. The summed E-state index contributed by atoms with van der Waals surface area (Å²) in [6.45, 7) is 18.4. The molecule has 2 aliphatic heterocycles. The van der Waals surface area contributed by atoms with Crippen LogP contribution in [0, 0.1) is 0 Å². The van der Waals surface area contributed by atoms with E-state index in [1.165, 1.54) is 0 Å². The van der Waals surface area contributed by atoms with Crippen LogP contribution >= 0.6 is 11.6 Å². The molecule has 0 saturated carbocycles. The van der Waals surface area contributed by atoms with Gasteiger partial charge in [-0.25, -0.2) is 4.79 Å². The number of halogens is 1. The Kier molecular flexibility index (Phi) is 8.33. The molecule has 0 spiro atoms. The lowest BCUT2D eigenvalue weighted by Crippen LogP contribution is -2.51. The predicted octanol–water partition coefficient (Wildman–Crippen LogP) is 5.93. The van der Waals surface area contributed by atoms with Crippen molar-refractivity contribution < 1.29 is 14.0 Å². The first kappa shape index (κ1) is 28.0. The zero-order valence-corrected chi connectivity index (χ0v) is 24.7. The molecular formula is C25H44ClN5O3Si. The number of carbonyl (C=O) groups excluding carboxylic acids is 1. The van der Waals surface area contributed by atoms with Crippen LogP contribution in [0.4, 0.5) is 16.3 Å². The first-order chi connectivity index (χ1) is 16.1. The van der Waals surface area contributed by atoms with Crippen molar-refractivity contribution in [3.05, 3.63) is 11.2 Å². The van der Waals surface area contributed by atoms with Gasteiger partial charge in [-0.15, -0.1) is 10.2 Å². The quantitative estimate of drug-likeness (QED) is 0.442. The van der Waals surface area contributed by atoms with Crippen molar-refractivity contribution in [2.75, 3.05) is 30.4 Å². The molecule has 1 aromatic heterocycles. The van der Waals surface area contributed by atoms with Gasteiger partial charge >= 0.3 is 6.09 Å². The van der Waals surface area contributed by atoms with E-state index >= 15 is 0 Å². The van der Waals surface area contributed by atoms with Crippen molar-refractivity contribution in [2.45, 2.75) is 109 Å². The second-order valence-corrected chi connectivity index (χ2v) is 17.7. The number of hydrogen-bond acceptors (Lipinski definition) is 7. The summed E-state index contributed by atoms with van der Waals surface area (Å²) in [6, 6.07) is 2.42. The molecule has 35 heavy (non-hydrogen) atoms. The summed E-state index contributed by atoms with van der Waals surface area (Å²) in [5.41, 5.74) is 0.420. The molecule has 0 radical (unpaired) electrons. The van der Waals surface area contributed by atoms with Gasteiger partial charge in [0.2, 0.25) is 0 Å². The molecule has 3 heterocycles. The minimum Gasteiger partial charge on any atom is -0.444 e. The fourth-order valence-electron chi connectivity index (χ4n) is 4.63. The number of amides is 1. The number of nitrogens with one attached hydrogen (secondary N) is 1. The van der Waals surface area contributed by atoms with E-state index in [1.807, 2.05) is 38.8 Å². The SMILES string of the molecule is CN(CCO[Si](C)(C)C(C)(C)C)c1cc(Cl)nnc1NC1C[C@H]2CC[C@@H](C1)N2C(=O)OC(C)(C)C. The van der Waals surface area contributed by atoms with E-state index in [4.69, 9.17) is 20.8 Å². The number of aromatic nitrogens is 2. The molecule has 0 aromatic carbocycles. The summed E-state index contributed by atoms with van der Waals surface area (Å²) in [6.07, 6.45) is 3.53. The van der Waals surface area contributed by atoms with Crippen LogP contribution in [0.25, 0.3) is 0 Å². The Morgan fingerprint density at radius 3 is 2.31 bits per heavy atom. The Labute approximate surface area is 217 Å². The van der Waals surface area contributed by atoms with Gasteiger partial charge in [-0.2, -0.15) is 0 Å². The molecule has 2 aliphatic rings. The molecule has 1 unspecified atom stereocenters. The number of hydrogen-bond donors (Lipinski definition) is 1. The van der Waals surface area contributed by atoms with Crippen molar-refractivity contribution >= 4 is 37.5 Å². The molecule has 8 nitrogen and oxygen atoms in total. The van der Waals surface area contributed by atoms with Gasteiger partial charge in [0.15, 0.2) is 19.3 Å². The third-order valence-electron chi connectivity index (χ3n) is 7.53. The van der Waals surface area contributed by atoms with Crippen molar-refractivity contribution in [3.8, 4) is 0 Å². The van der Waals surface area contributed by atoms with Crippen LogP contribution < -0.4 is 10.2 Å². The van der Waals surface area contributed by atoms with Crippen LogP contribution in [-0.4, -0.2) is 73.4 Å². The van der Waals surface area contributed by atoms with Crippen molar-refractivity contribution in [1.82, 2.24) is 15.1 Å². The predicted molar refractivity (Wildman–Crippen MR) is 145 cm³/mol. The minimum absolute atomic E-state index is 0.174. The van der Waals surface area contributed by atoms with Gasteiger partial charge in [0.05, 0.1) is 12.3 Å². The van der Waals surface area contributed by atoms with Gasteiger partial charge in [-0.1, -0.05) is 32.4 Å². The van der Waals surface area contributed by atoms with E-state index in [0.29, 0.717) is 11.8 Å². The highest BCUT2D eigenvalue weighted by molar-refractivity contribution is 6.74. The molecule has 2 saturated heterocycles. The Morgan fingerprint density at radius 1 is 1.17 bits per heavy atom. The van der Waals surface area contributed by atoms with E-state index in [1.54, 1.807) is 0 Å². The fourth-order valence-corrected chi connectivity index (χ4v) is 5.80. The first-order valence-electron chi connectivity index (χ1n) is 12.7. The van der Waals surface area contributed by atoms with E-state index in [9.17, 15) is 4.79 Å². The van der Waals surface area contributed by atoms with Crippen molar-refractivity contribution in [3.63, 3.8) is 0 Å². The zero-order chi connectivity index (χ0) is 26.2. The van der Waals surface area contributed by atoms with Crippen LogP contribution in [-0.2, 0) is 9.16 Å². The lowest BCUT2D eigenvalue weighted by molar-refractivity contribution is 0.00682. The van der Waals surface area contributed by atoms with Crippen LogP contribution in [0.1, 0.15) is 67.2 Å². The number of carbonyl (C=O) groups is 1. The maximum atomic E-state index is 12.8. The molecule has 0 aliphatic carbocycles. The number of anilines is 2. The van der Waals surface area contributed by atoms with Crippen LogP contribution in [0.2, 0.25) is 23.3 Å². The maximum absolute atomic E-state index is 12.8. The average molecular weight is 526 g/mol. The van der Waals surface area contributed by atoms with Gasteiger partial charge in [-0.3, -0.25) is 0 Å². The third kappa shape index (κ3) is 7.01. The molecule has 2 bridgehead atoms. The van der Waals surface area contributed by atoms with Gasteiger partial charge in [0, 0.05) is 37.8 Å². The number of ether oxygens (including phenoxy) is 1. The number of likely N-dealkylation sites (N-methyl/N-ethyl adjacent to an activating group) is 1. The van der Waals surface area contributed by atoms with Crippen LogP contribution in [0.3, 0.4) is 0 Å². The van der Waals surface area contributed by atoms with E-state index in [-0.39, 0.29) is 29.3 Å². The molecule has 2 fully saturated rings. The Morgan fingerprint density at radius 2 is 1.77 bits per heavy atom. The molecular weight excluding hydrogens is 482 g/mol. The standard InChI is InChI=1S/C25H44ClN5O3Si/c1-24(2,3)34-23(32)31-18-10-11-19(31)15-17(14-18)27-22-20(16-21(26)28-29-22)30(7)12-13-33-35(8,9)25(4,5)6/h16-19H,10-15H2,1-9H3,(H,27,29)/t17?,18-,19+. The van der Waals surface area contributed by atoms with Gasteiger partial charge in [0.1, 0.15) is 5.60 Å². The number of piperidine rings is 1. The Balaban J connectivity index is 1.64. The van der Waals surface area contributed by atoms with Crippen molar-refractivity contribution in [1.29, 1.82) is 0 Å². The summed E-state index contributed by atoms with van der Waals surface area (Å²) < 4.78 is 12.0. The molecule has 3 rings (SSSR count). The first-order valence-corrected chi connectivity index (χ1v) is 16.0. The van der Waals surface area contributed by atoms with E-state index in [0.717, 1.165) is 43.7 Å². The largest absolute Gasteiger partial charge is 0.444 e. The van der Waals surface area contributed by atoms with Gasteiger partial charge in [0.25, 0.3) is 0 Å². The van der Waals surface area contributed by atoms with Gasteiger partial charge < -0.3 is 24.3 Å². The number of nitrogens with zero attached hydrogens (tertiary/aromatic N) is 4. The summed E-state index contributed by atoms with van der Waals surface area (Å²) in [7, 11) is 0.220.